The fourth-order valence-corrected chi connectivity index (χ4v) is 3.73. The maximum absolute atomic E-state index is 12.8. The molecule has 4 aromatic rings. The number of fused-ring (bicyclic) bond motifs is 5. The Morgan fingerprint density at radius 2 is 1.79 bits per heavy atom. The fraction of sp³-hybridized carbons (Fsp3) is 0.174. The van der Waals surface area contributed by atoms with E-state index in [0.717, 1.165) is 27.8 Å². The van der Waals surface area contributed by atoms with E-state index in [1.165, 1.54) is 0 Å². The SMILES string of the molecule is Cc1cc2c(cc1C)-c1oc(=O)c3c(N)nc(-c4ccccc4)nc3c1CCO2. The first-order valence-corrected chi connectivity index (χ1v) is 9.46. The molecule has 6 nitrogen and oxygen atoms in total. The van der Waals surface area contributed by atoms with Gasteiger partial charge in [-0.1, -0.05) is 30.3 Å². The minimum Gasteiger partial charge on any atom is -0.492 e. The van der Waals surface area contributed by atoms with Gasteiger partial charge in [-0.3, -0.25) is 0 Å². The van der Waals surface area contributed by atoms with Gasteiger partial charge in [-0.2, -0.15) is 0 Å². The average Bonchev–Trinajstić information content (AvgIpc) is 2.88. The van der Waals surface area contributed by atoms with Gasteiger partial charge in [0.05, 0.1) is 17.7 Å². The molecule has 0 saturated carbocycles. The first-order chi connectivity index (χ1) is 14.0. The second-order valence-corrected chi connectivity index (χ2v) is 7.25. The number of hydrogen-bond acceptors (Lipinski definition) is 6. The van der Waals surface area contributed by atoms with E-state index in [4.69, 9.17) is 19.9 Å². The van der Waals surface area contributed by atoms with E-state index in [-0.39, 0.29) is 11.2 Å². The molecule has 0 fully saturated rings. The highest BCUT2D eigenvalue weighted by Crippen LogP contribution is 2.39. The molecule has 0 spiro atoms. The summed E-state index contributed by atoms with van der Waals surface area (Å²) in [5.74, 6) is 1.81. The smallest absolute Gasteiger partial charge is 0.349 e. The van der Waals surface area contributed by atoms with Crippen molar-refractivity contribution >= 4 is 16.7 Å². The molecular formula is C23H19N3O3. The minimum absolute atomic E-state index is 0.121. The third-order valence-electron chi connectivity index (χ3n) is 5.38. The Bertz CT molecular complexity index is 1330. The molecular weight excluding hydrogens is 366 g/mol. The molecule has 0 unspecified atom stereocenters. The lowest BCUT2D eigenvalue weighted by Crippen LogP contribution is -2.11. The highest BCUT2D eigenvalue weighted by molar-refractivity contribution is 5.94. The van der Waals surface area contributed by atoms with Crippen molar-refractivity contribution in [2.24, 2.45) is 0 Å². The quantitative estimate of drug-likeness (QED) is 0.531. The molecule has 29 heavy (non-hydrogen) atoms. The van der Waals surface area contributed by atoms with Crippen LogP contribution in [0.2, 0.25) is 0 Å². The molecule has 2 N–H and O–H groups in total. The second-order valence-electron chi connectivity index (χ2n) is 7.25. The number of aryl methyl sites for hydroxylation is 2. The molecule has 2 aromatic heterocycles. The number of rotatable bonds is 1. The van der Waals surface area contributed by atoms with E-state index in [1.54, 1.807) is 0 Å². The normalized spacial score (nSPS) is 12.8. The Kier molecular flexibility index (Phi) is 3.87. The van der Waals surface area contributed by atoms with Crippen LogP contribution in [-0.4, -0.2) is 16.6 Å². The van der Waals surface area contributed by atoms with Gasteiger partial charge in [0.25, 0.3) is 0 Å². The lowest BCUT2D eigenvalue weighted by atomic mass is 9.99. The molecule has 6 heteroatoms. The van der Waals surface area contributed by atoms with E-state index in [0.29, 0.717) is 35.9 Å². The van der Waals surface area contributed by atoms with Gasteiger partial charge >= 0.3 is 5.63 Å². The average molecular weight is 385 g/mol. The molecule has 0 aliphatic carbocycles. The van der Waals surface area contributed by atoms with Crippen molar-refractivity contribution in [1.82, 2.24) is 9.97 Å². The van der Waals surface area contributed by atoms with E-state index < -0.39 is 5.63 Å². The van der Waals surface area contributed by atoms with Crippen LogP contribution in [0.15, 0.2) is 51.7 Å². The maximum Gasteiger partial charge on any atom is 0.349 e. The van der Waals surface area contributed by atoms with Crippen LogP contribution in [0.1, 0.15) is 16.7 Å². The molecule has 1 aliphatic heterocycles. The van der Waals surface area contributed by atoms with Crippen LogP contribution in [-0.2, 0) is 6.42 Å². The van der Waals surface area contributed by atoms with Gasteiger partial charge in [0.2, 0.25) is 0 Å². The Balaban J connectivity index is 1.86. The summed E-state index contributed by atoms with van der Waals surface area (Å²) < 4.78 is 11.7. The summed E-state index contributed by atoms with van der Waals surface area (Å²) in [5.41, 5.74) is 10.8. The van der Waals surface area contributed by atoms with Gasteiger partial charge in [0.15, 0.2) is 5.82 Å². The number of ether oxygens (including phenoxy) is 1. The summed E-state index contributed by atoms with van der Waals surface area (Å²) in [6.45, 7) is 4.50. The van der Waals surface area contributed by atoms with Crippen molar-refractivity contribution in [2.45, 2.75) is 20.3 Å². The Labute approximate surface area is 167 Å². The lowest BCUT2D eigenvalue weighted by molar-refractivity contribution is 0.326. The summed E-state index contributed by atoms with van der Waals surface area (Å²) in [4.78, 5) is 21.9. The van der Waals surface area contributed by atoms with E-state index in [9.17, 15) is 4.79 Å². The third-order valence-corrected chi connectivity index (χ3v) is 5.38. The zero-order valence-electron chi connectivity index (χ0n) is 16.2. The van der Waals surface area contributed by atoms with E-state index in [1.807, 2.05) is 56.3 Å². The molecule has 144 valence electrons. The largest absolute Gasteiger partial charge is 0.492 e. The van der Waals surface area contributed by atoms with Crippen molar-refractivity contribution in [2.75, 3.05) is 12.3 Å². The number of nitrogen functional groups attached to an aromatic ring is 1. The number of nitrogens with two attached hydrogens (primary N) is 1. The highest BCUT2D eigenvalue weighted by Gasteiger charge is 2.25. The zero-order chi connectivity index (χ0) is 20.1. The van der Waals surface area contributed by atoms with E-state index >= 15 is 0 Å². The Morgan fingerprint density at radius 3 is 2.59 bits per heavy atom. The molecule has 0 atom stereocenters. The summed E-state index contributed by atoms with van der Waals surface area (Å²) in [6, 6.07) is 13.5. The topological polar surface area (TPSA) is 91.2 Å². The first kappa shape index (κ1) is 17.4. The summed E-state index contributed by atoms with van der Waals surface area (Å²) in [7, 11) is 0. The van der Waals surface area contributed by atoms with Crippen LogP contribution in [0, 0.1) is 13.8 Å². The van der Waals surface area contributed by atoms with Gasteiger partial charge in [-0.25, -0.2) is 14.8 Å². The molecule has 0 saturated heterocycles. The van der Waals surface area contributed by atoms with Crippen LogP contribution in [0.25, 0.3) is 33.6 Å². The van der Waals surface area contributed by atoms with Crippen molar-refractivity contribution in [1.29, 1.82) is 0 Å². The summed E-state index contributed by atoms with van der Waals surface area (Å²) in [6.07, 6.45) is 0.549. The van der Waals surface area contributed by atoms with Crippen molar-refractivity contribution in [3.63, 3.8) is 0 Å². The van der Waals surface area contributed by atoms with Crippen LogP contribution in [0.5, 0.6) is 5.75 Å². The van der Waals surface area contributed by atoms with Gasteiger partial charge in [0, 0.05) is 17.5 Å². The second kappa shape index (κ2) is 6.44. The van der Waals surface area contributed by atoms with Gasteiger partial charge in [-0.15, -0.1) is 0 Å². The molecule has 2 aromatic carbocycles. The summed E-state index contributed by atoms with van der Waals surface area (Å²) in [5, 5.41) is 0.218. The molecule has 5 rings (SSSR count). The number of hydrogen-bond donors (Lipinski definition) is 1. The molecule has 0 bridgehead atoms. The van der Waals surface area contributed by atoms with E-state index in [2.05, 4.69) is 4.98 Å². The fourth-order valence-electron chi connectivity index (χ4n) is 3.73. The molecule has 1 aliphatic rings. The predicted molar refractivity (Wildman–Crippen MR) is 112 cm³/mol. The first-order valence-electron chi connectivity index (χ1n) is 9.46. The van der Waals surface area contributed by atoms with Gasteiger partial charge in [-0.05, 0) is 37.1 Å². The number of benzene rings is 2. The molecule has 0 radical (unpaired) electrons. The maximum atomic E-state index is 12.8. The third kappa shape index (κ3) is 2.76. The Morgan fingerprint density at radius 1 is 1.03 bits per heavy atom. The van der Waals surface area contributed by atoms with Crippen molar-refractivity contribution in [3.05, 3.63) is 69.6 Å². The summed E-state index contributed by atoms with van der Waals surface area (Å²) >= 11 is 0. The molecule has 0 amide bonds. The van der Waals surface area contributed by atoms with Crippen molar-refractivity contribution in [3.8, 4) is 28.5 Å². The van der Waals surface area contributed by atoms with Crippen LogP contribution < -0.4 is 16.1 Å². The number of aromatic nitrogens is 2. The molecule has 3 heterocycles. The monoisotopic (exact) mass is 385 g/mol. The highest BCUT2D eigenvalue weighted by atomic mass is 16.5. The van der Waals surface area contributed by atoms with Gasteiger partial charge in [0.1, 0.15) is 22.7 Å². The standard InChI is InChI=1S/C23H19N3O3/c1-12-10-16-17(11-13(12)2)28-9-8-15-19-18(23(27)29-20(15)16)21(24)26-22(25-19)14-6-4-3-5-7-14/h3-7,10-11H,8-9H2,1-2H3,(H2,24,25,26). The van der Waals surface area contributed by atoms with Gasteiger partial charge < -0.3 is 14.9 Å². The lowest BCUT2D eigenvalue weighted by Gasteiger charge is -2.12. The Hall–Kier alpha value is -3.67. The zero-order valence-corrected chi connectivity index (χ0v) is 16.2. The minimum atomic E-state index is -0.540. The number of nitrogens with zero attached hydrogens (tertiary/aromatic N) is 2. The van der Waals surface area contributed by atoms with Crippen LogP contribution in [0.3, 0.4) is 0 Å². The van der Waals surface area contributed by atoms with Crippen LogP contribution in [0.4, 0.5) is 5.82 Å². The van der Waals surface area contributed by atoms with Crippen LogP contribution >= 0.6 is 0 Å². The number of anilines is 1. The van der Waals surface area contributed by atoms with Crippen molar-refractivity contribution < 1.29 is 9.15 Å². The predicted octanol–water partition coefficient (Wildman–Crippen LogP) is 4.05.